The van der Waals surface area contributed by atoms with Crippen molar-refractivity contribution in [1.29, 1.82) is 0 Å². The van der Waals surface area contributed by atoms with Crippen molar-refractivity contribution in [1.82, 2.24) is 0 Å². The average molecular weight is 266 g/mol. The molecule has 1 fully saturated rings. The molecule has 1 amide bonds. The fourth-order valence-corrected chi connectivity index (χ4v) is 2.37. The summed E-state index contributed by atoms with van der Waals surface area (Å²) in [7, 11) is 0. The lowest BCUT2D eigenvalue weighted by Gasteiger charge is -2.34. The van der Waals surface area contributed by atoms with Gasteiger partial charge in [0.15, 0.2) is 0 Å². The maximum absolute atomic E-state index is 13.1. The highest BCUT2D eigenvalue weighted by Gasteiger charge is 2.31. The number of benzene rings is 1. The van der Waals surface area contributed by atoms with E-state index in [1.54, 1.807) is 6.07 Å². The lowest BCUT2D eigenvalue weighted by molar-refractivity contribution is -0.119. The average Bonchev–Trinajstić information content (AvgIpc) is 2.24. The molecule has 1 aromatic rings. The fraction of sp³-hybridized carbons (Fsp3) is 0.500. The second kappa shape index (κ2) is 6.02. The summed E-state index contributed by atoms with van der Waals surface area (Å²) < 4.78 is 18.5. The number of hydrogen-bond acceptors (Lipinski definition) is 3. The van der Waals surface area contributed by atoms with Gasteiger partial charge in [-0.2, -0.15) is 0 Å². The molecule has 0 aliphatic heterocycles. The standard InChI is InChI=1S/C14H19FN2O2/c1-2-19-13-3-9(4-13)5-14(18)17-12-7-10(15)6-11(16)8-12/h6-9,13H,2-5,16H2,1H3,(H,17,18). The summed E-state index contributed by atoms with van der Waals surface area (Å²) in [6, 6.07) is 4.02. The number of nitrogen functional groups attached to an aromatic ring is 1. The monoisotopic (exact) mass is 266 g/mol. The number of halogens is 1. The lowest BCUT2D eigenvalue weighted by atomic mass is 9.80. The summed E-state index contributed by atoms with van der Waals surface area (Å²) in [5, 5.41) is 2.67. The van der Waals surface area contributed by atoms with E-state index in [0.29, 0.717) is 36.4 Å². The van der Waals surface area contributed by atoms with Crippen molar-refractivity contribution in [3.63, 3.8) is 0 Å². The van der Waals surface area contributed by atoms with Gasteiger partial charge < -0.3 is 15.8 Å². The fourth-order valence-electron chi connectivity index (χ4n) is 2.37. The van der Waals surface area contributed by atoms with Crippen LogP contribution in [0.3, 0.4) is 0 Å². The molecular formula is C14H19FN2O2. The Labute approximate surface area is 112 Å². The zero-order valence-corrected chi connectivity index (χ0v) is 11.0. The van der Waals surface area contributed by atoms with E-state index in [1.165, 1.54) is 12.1 Å². The van der Waals surface area contributed by atoms with Crippen LogP contribution in [0.25, 0.3) is 0 Å². The van der Waals surface area contributed by atoms with Crippen molar-refractivity contribution in [3.8, 4) is 0 Å². The topological polar surface area (TPSA) is 64.3 Å². The van der Waals surface area contributed by atoms with E-state index in [4.69, 9.17) is 10.5 Å². The van der Waals surface area contributed by atoms with Gasteiger partial charge in [0, 0.05) is 24.4 Å². The first kappa shape index (κ1) is 13.8. The van der Waals surface area contributed by atoms with Crippen LogP contribution in [-0.2, 0) is 9.53 Å². The summed E-state index contributed by atoms with van der Waals surface area (Å²) >= 11 is 0. The number of nitrogens with two attached hydrogens (primary N) is 1. The van der Waals surface area contributed by atoms with Crippen LogP contribution in [0.5, 0.6) is 0 Å². The lowest BCUT2D eigenvalue weighted by Crippen LogP contribution is -2.33. The van der Waals surface area contributed by atoms with Gasteiger partial charge in [0.2, 0.25) is 5.91 Å². The molecule has 3 N–H and O–H groups in total. The maximum Gasteiger partial charge on any atom is 0.224 e. The molecule has 1 aliphatic carbocycles. The van der Waals surface area contributed by atoms with Gasteiger partial charge in [-0.05, 0) is 43.9 Å². The van der Waals surface area contributed by atoms with E-state index < -0.39 is 5.82 Å². The molecule has 0 spiro atoms. The van der Waals surface area contributed by atoms with Crippen LogP contribution in [0, 0.1) is 11.7 Å². The zero-order chi connectivity index (χ0) is 13.8. The minimum Gasteiger partial charge on any atom is -0.399 e. The molecule has 0 saturated heterocycles. The SMILES string of the molecule is CCOC1CC(CC(=O)Nc2cc(N)cc(F)c2)C1. The van der Waals surface area contributed by atoms with Gasteiger partial charge in [0.25, 0.3) is 0 Å². The Balaban J connectivity index is 1.79. The molecule has 104 valence electrons. The molecule has 4 nitrogen and oxygen atoms in total. The minimum atomic E-state index is -0.449. The highest BCUT2D eigenvalue weighted by atomic mass is 19.1. The highest BCUT2D eigenvalue weighted by Crippen LogP contribution is 2.32. The largest absolute Gasteiger partial charge is 0.399 e. The Morgan fingerprint density at radius 1 is 1.47 bits per heavy atom. The number of carbonyl (C=O) groups excluding carboxylic acids is 1. The normalized spacial score (nSPS) is 21.8. The van der Waals surface area contributed by atoms with Crippen molar-refractivity contribution in [2.45, 2.75) is 32.3 Å². The molecule has 2 rings (SSSR count). The third-order valence-corrected chi connectivity index (χ3v) is 3.27. The predicted molar refractivity (Wildman–Crippen MR) is 72.2 cm³/mol. The van der Waals surface area contributed by atoms with Crippen molar-refractivity contribution in [2.75, 3.05) is 17.7 Å². The van der Waals surface area contributed by atoms with E-state index in [-0.39, 0.29) is 5.91 Å². The number of nitrogens with one attached hydrogen (secondary N) is 1. The zero-order valence-electron chi connectivity index (χ0n) is 11.0. The number of rotatable bonds is 5. The van der Waals surface area contributed by atoms with Gasteiger partial charge in [-0.15, -0.1) is 0 Å². The molecular weight excluding hydrogens is 247 g/mol. The molecule has 19 heavy (non-hydrogen) atoms. The van der Waals surface area contributed by atoms with Crippen LogP contribution in [0.2, 0.25) is 0 Å². The number of amides is 1. The summed E-state index contributed by atoms with van der Waals surface area (Å²) in [6.45, 7) is 2.68. The number of ether oxygens (including phenoxy) is 1. The Morgan fingerprint density at radius 3 is 2.84 bits per heavy atom. The van der Waals surface area contributed by atoms with Crippen LogP contribution in [0.4, 0.5) is 15.8 Å². The molecule has 0 heterocycles. The van der Waals surface area contributed by atoms with Crippen LogP contribution in [-0.4, -0.2) is 18.6 Å². The molecule has 0 bridgehead atoms. The van der Waals surface area contributed by atoms with Crippen molar-refractivity contribution >= 4 is 17.3 Å². The Morgan fingerprint density at radius 2 is 2.21 bits per heavy atom. The van der Waals surface area contributed by atoms with Gasteiger partial charge in [-0.1, -0.05) is 0 Å². The van der Waals surface area contributed by atoms with Crippen LogP contribution in [0.15, 0.2) is 18.2 Å². The number of anilines is 2. The third-order valence-electron chi connectivity index (χ3n) is 3.27. The maximum atomic E-state index is 13.1. The van der Waals surface area contributed by atoms with Gasteiger partial charge >= 0.3 is 0 Å². The molecule has 1 saturated carbocycles. The van der Waals surface area contributed by atoms with Gasteiger partial charge in [-0.25, -0.2) is 4.39 Å². The quantitative estimate of drug-likeness (QED) is 0.805. The molecule has 1 aliphatic rings. The second-order valence-electron chi connectivity index (χ2n) is 4.94. The van der Waals surface area contributed by atoms with Crippen LogP contribution >= 0.6 is 0 Å². The van der Waals surface area contributed by atoms with E-state index in [1.807, 2.05) is 6.92 Å². The van der Waals surface area contributed by atoms with Gasteiger partial charge in [0.05, 0.1) is 6.10 Å². The van der Waals surface area contributed by atoms with E-state index in [2.05, 4.69) is 5.32 Å². The van der Waals surface area contributed by atoms with E-state index in [0.717, 1.165) is 12.8 Å². The Bertz CT molecular complexity index is 439. The summed E-state index contributed by atoms with van der Waals surface area (Å²) in [5.74, 6) is -0.192. The molecule has 0 atom stereocenters. The third kappa shape index (κ3) is 3.92. The summed E-state index contributed by atoms with van der Waals surface area (Å²) in [4.78, 5) is 11.8. The first-order valence-electron chi connectivity index (χ1n) is 6.54. The Hall–Kier alpha value is -1.62. The van der Waals surface area contributed by atoms with Crippen LogP contribution in [0.1, 0.15) is 26.2 Å². The van der Waals surface area contributed by atoms with Crippen LogP contribution < -0.4 is 11.1 Å². The number of hydrogen-bond donors (Lipinski definition) is 2. The highest BCUT2D eigenvalue weighted by molar-refractivity contribution is 5.91. The molecule has 1 aromatic carbocycles. The van der Waals surface area contributed by atoms with Crippen molar-refractivity contribution < 1.29 is 13.9 Å². The molecule has 0 radical (unpaired) electrons. The Kier molecular flexibility index (Phi) is 4.37. The molecule has 0 unspecified atom stereocenters. The van der Waals surface area contributed by atoms with Crippen molar-refractivity contribution in [2.24, 2.45) is 5.92 Å². The molecule has 0 aromatic heterocycles. The molecule has 5 heteroatoms. The van der Waals surface area contributed by atoms with Gasteiger partial charge in [-0.3, -0.25) is 4.79 Å². The summed E-state index contributed by atoms with van der Waals surface area (Å²) in [6.07, 6.45) is 2.59. The van der Waals surface area contributed by atoms with E-state index in [9.17, 15) is 9.18 Å². The van der Waals surface area contributed by atoms with E-state index >= 15 is 0 Å². The minimum absolute atomic E-state index is 0.107. The predicted octanol–water partition coefficient (Wildman–Crippen LogP) is 2.55. The first-order valence-corrected chi connectivity index (χ1v) is 6.54. The van der Waals surface area contributed by atoms with Gasteiger partial charge in [0.1, 0.15) is 5.82 Å². The summed E-state index contributed by atoms with van der Waals surface area (Å²) in [5.41, 5.74) is 6.22. The first-order chi connectivity index (χ1) is 9.06. The second-order valence-corrected chi connectivity index (χ2v) is 4.94. The van der Waals surface area contributed by atoms with Crippen molar-refractivity contribution in [3.05, 3.63) is 24.0 Å². The smallest absolute Gasteiger partial charge is 0.224 e. The number of carbonyl (C=O) groups is 1.